The lowest BCUT2D eigenvalue weighted by molar-refractivity contribution is -0.132. The molecule has 0 bridgehead atoms. The molecule has 66 valence electrons. The summed E-state index contributed by atoms with van der Waals surface area (Å²) in [7, 11) is 0. The molecule has 0 aromatic rings. The van der Waals surface area contributed by atoms with Gasteiger partial charge in [-0.2, -0.15) is 0 Å². The molecule has 12 heavy (non-hydrogen) atoms. The molecule has 4 N–H and O–H groups in total. The van der Waals surface area contributed by atoms with E-state index in [0.29, 0.717) is 5.70 Å². The van der Waals surface area contributed by atoms with Crippen LogP contribution in [0.25, 0.3) is 0 Å². The Morgan fingerprint density at radius 1 is 1.42 bits per heavy atom. The zero-order valence-electron chi connectivity index (χ0n) is 6.74. The van der Waals surface area contributed by atoms with Crippen LogP contribution in [0.5, 0.6) is 0 Å². The first-order valence-corrected chi connectivity index (χ1v) is 3.20. The van der Waals surface area contributed by atoms with E-state index in [2.05, 4.69) is 6.58 Å². The molecule has 0 radical (unpaired) electrons. The zero-order valence-corrected chi connectivity index (χ0v) is 6.74. The summed E-state index contributed by atoms with van der Waals surface area (Å²) in [5.41, 5.74) is 5.51. The lowest BCUT2D eigenvalue weighted by Gasteiger charge is -1.95. The highest BCUT2D eigenvalue weighted by Gasteiger charge is 2.03. The monoisotopic (exact) mass is 169 g/mol. The van der Waals surface area contributed by atoms with Crippen molar-refractivity contribution in [1.29, 1.82) is 0 Å². The third-order valence-corrected chi connectivity index (χ3v) is 0.952. The average molecular weight is 169 g/mol. The molecule has 0 rings (SSSR count). The Morgan fingerprint density at radius 3 is 2.17 bits per heavy atom. The Balaban J connectivity index is 4.81. The highest BCUT2D eigenvalue weighted by Crippen LogP contribution is 2.02. The molecule has 0 atom stereocenters. The van der Waals surface area contributed by atoms with Crippen LogP contribution < -0.4 is 5.73 Å². The first-order valence-electron chi connectivity index (χ1n) is 3.20. The SMILES string of the molecule is C=C(O)/C=C(\C=C(\C)N)C(=O)O. The Labute approximate surface area is 70.3 Å². The lowest BCUT2D eigenvalue weighted by Crippen LogP contribution is -2.01. The van der Waals surface area contributed by atoms with E-state index in [0.717, 1.165) is 6.08 Å². The van der Waals surface area contributed by atoms with Gasteiger partial charge in [-0.3, -0.25) is 0 Å². The quantitative estimate of drug-likeness (QED) is 0.333. The van der Waals surface area contributed by atoms with Gasteiger partial charge in [-0.05, 0) is 19.1 Å². The highest BCUT2D eigenvalue weighted by atomic mass is 16.4. The van der Waals surface area contributed by atoms with Crippen molar-refractivity contribution in [1.82, 2.24) is 0 Å². The minimum Gasteiger partial charge on any atom is -0.509 e. The van der Waals surface area contributed by atoms with E-state index < -0.39 is 5.97 Å². The van der Waals surface area contributed by atoms with Gasteiger partial charge in [-0.1, -0.05) is 6.58 Å². The number of carbonyl (C=O) groups is 1. The first kappa shape index (κ1) is 10.3. The molecule has 4 heteroatoms. The van der Waals surface area contributed by atoms with Crippen molar-refractivity contribution < 1.29 is 15.0 Å². The van der Waals surface area contributed by atoms with Crippen molar-refractivity contribution in [2.75, 3.05) is 0 Å². The maximum atomic E-state index is 10.4. The van der Waals surface area contributed by atoms with Crippen LogP contribution in [0.4, 0.5) is 0 Å². The van der Waals surface area contributed by atoms with Crippen LogP contribution in [-0.2, 0) is 4.79 Å². The topological polar surface area (TPSA) is 83.5 Å². The number of aliphatic hydroxyl groups is 1. The summed E-state index contributed by atoms with van der Waals surface area (Å²) in [6, 6.07) is 0. The molecule has 0 heterocycles. The van der Waals surface area contributed by atoms with E-state index in [9.17, 15) is 4.79 Å². The van der Waals surface area contributed by atoms with Gasteiger partial charge in [0.05, 0.1) is 5.57 Å². The fourth-order valence-corrected chi connectivity index (χ4v) is 0.590. The molecule has 0 saturated heterocycles. The summed E-state index contributed by atoms with van der Waals surface area (Å²) in [5, 5.41) is 17.2. The molecule has 0 amide bonds. The summed E-state index contributed by atoms with van der Waals surface area (Å²) in [5.74, 6) is -1.47. The van der Waals surface area contributed by atoms with Gasteiger partial charge in [-0.15, -0.1) is 0 Å². The molecule has 0 saturated carbocycles. The number of carboxylic acid groups (broad SMARTS) is 1. The third-order valence-electron chi connectivity index (χ3n) is 0.952. The molecule has 0 aliphatic rings. The second kappa shape index (κ2) is 4.23. The van der Waals surface area contributed by atoms with E-state index in [1.54, 1.807) is 6.92 Å². The fraction of sp³-hybridized carbons (Fsp3) is 0.125. The van der Waals surface area contributed by atoms with Crippen molar-refractivity contribution in [3.63, 3.8) is 0 Å². The Bertz CT molecular complexity index is 259. The molecule has 0 aliphatic carbocycles. The minimum absolute atomic E-state index is 0.0949. The van der Waals surface area contributed by atoms with Crippen molar-refractivity contribution in [3.8, 4) is 0 Å². The Hall–Kier alpha value is -1.71. The number of hydrogen-bond donors (Lipinski definition) is 3. The standard InChI is InChI=1S/C8H11NO3/c1-5(9)3-7(8(11)12)4-6(2)10/h3-4,10H,2,9H2,1H3,(H,11,12)/b5-3-,7-4+. The molecule has 0 aromatic carbocycles. The average Bonchev–Trinajstić information content (AvgIpc) is 1.83. The fourth-order valence-electron chi connectivity index (χ4n) is 0.590. The summed E-state index contributed by atoms with van der Waals surface area (Å²) in [6.07, 6.45) is 2.27. The molecular formula is C8H11NO3. The van der Waals surface area contributed by atoms with Crippen LogP contribution in [-0.4, -0.2) is 16.2 Å². The molecule has 4 nitrogen and oxygen atoms in total. The van der Waals surface area contributed by atoms with Crippen LogP contribution in [0, 0.1) is 0 Å². The van der Waals surface area contributed by atoms with Crippen LogP contribution in [0.1, 0.15) is 6.92 Å². The summed E-state index contributed by atoms with van der Waals surface area (Å²) >= 11 is 0. The molecular weight excluding hydrogens is 158 g/mol. The number of aliphatic hydroxyl groups excluding tert-OH is 1. The summed E-state index contributed by atoms with van der Waals surface area (Å²) in [6.45, 7) is 4.68. The molecule has 0 unspecified atom stereocenters. The normalized spacial score (nSPS) is 12.8. The van der Waals surface area contributed by atoms with E-state index >= 15 is 0 Å². The number of allylic oxidation sites excluding steroid dienone is 2. The van der Waals surface area contributed by atoms with Gasteiger partial charge in [0.25, 0.3) is 0 Å². The van der Waals surface area contributed by atoms with Crippen LogP contribution >= 0.6 is 0 Å². The lowest BCUT2D eigenvalue weighted by atomic mass is 10.2. The van der Waals surface area contributed by atoms with Gasteiger partial charge < -0.3 is 15.9 Å². The second-order valence-corrected chi connectivity index (χ2v) is 2.28. The smallest absolute Gasteiger partial charge is 0.335 e. The number of nitrogens with two attached hydrogens (primary N) is 1. The number of rotatable bonds is 3. The van der Waals surface area contributed by atoms with Gasteiger partial charge in [0.2, 0.25) is 0 Å². The van der Waals surface area contributed by atoms with Crippen molar-refractivity contribution in [2.45, 2.75) is 6.92 Å². The van der Waals surface area contributed by atoms with E-state index in [-0.39, 0.29) is 11.3 Å². The Morgan fingerprint density at radius 2 is 1.92 bits per heavy atom. The highest BCUT2D eigenvalue weighted by molar-refractivity contribution is 5.90. The van der Waals surface area contributed by atoms with Gasteiger partial charge in [0.15, 0.2) is 0 Å². The largest absolute Gasteiger partial charge is 0.509 e. The Kier molecular flexibility index (Phi) is 3.62. The predicted molar refractivity (Wildman–Crippen MR) is 45.4 cm³/mol. The van der Waals surface area contributed by atoms with Crippen LogP contribution in [0.2, 0.25) is 0 Å². The zero-order chi connectivity index (χ0) is 9.72. The predicted octanol–water partition coefficient (Wildman–Crippen LogP) is 0.932. The van der Waals surface area contributed by atoms with E-state index in [1.165, 1.54) is 6.08 Å². The maximum absolute atomic E-state index is 10.4. The van der Waals surface area contributed by atoms with Gasteiger partial charge in [0, 0.05) is 5.70 Å². The van der Waals surface area contributed by atoms with Crippen molar-refractivity contribution in [2.24, 2.45) is 5.73 Å². The molecule has 0 aromatic heterocycles. The summed E-state index contributed by atoms with van der Waals surface area (Å²) < 4.78 is 0. The van der Waals surface area contributed by atoms with Crippen molar-refractivity contribution >= 4 is 5.97 Å². The van der Waals surface area contributed by atoms with E-state index in [4.69, 9.17) is 15.9 Å². The molecule has 0 spiro atoms. The summed E-state index contributed by atoms with van der Waals surface area (Å²) in [4.78, 5) is 10.4. The van der Waals surface area contributed by atoms with Crippen LogP contribution in [0.3, 0.4) is 0 Å². The second-order valence-electron chi connectivity index (χ2n) is 2.28. The van der Waals surface area contributed by atoms with Gasteiger partial charge in [0.1, 0.15) is 5.76 Å². The van der Waals surface area contributed by atoms with Gasteiger partial charge >= 0.3 is 5.97 Å². The minimum atomic E-state index is -1.16. The van der Waals surface area contributed by atoms with E-state index in [1.807, 2.05) is 0 Å². The number of carboxylic acids is 1. The first-order chi connectivity index (χ1) is 5.43. The third kappa shape index (κ3) is 4.16. The molecule has 0 aliphatic heterocycles. The number of hydrogen-bond acceptors (Lipinski definition) is 3. The molecule has 0 fully saturated rings. The van der Waals surface area contributed by atoms with Crippen molar-refractivity contribution in [3.05, 3.63) is 35.8 Å². The van der Waals surface area contributed by atoms with Gasteiger partial charge in [-0.25, -0.2) is 4.79 Å². The number of aliphatic carboxylic acids is 1. The maximum Gasteiger partial charge on any atom is 0.335 e. The van der Waals surface area contributed by atoms with Crippen LogP contribution in [0.15, 0.2) is 35.8 Å².